The zero-order valence-corrected chi connectivity index (χ0v) is 11.6. The van der Waals surface area contributed by atoms with Crippen LogP contribution >= 0.6 is 0 Å². The molecule has 0 amide bonds. The molecular weight excluding hydrogens is 254 g/mol. The Kier molecular flexibility index (Phi) is 4.87. The van der Waals surface area contributed by atoms with Gasteiger partial charge in [-0.3, -0.25) is 10.1 Å². The fourth-order valence-electron chi connectivity index (χ4n) is 2.24. The van der Waals surface area contributed by atoms with Crippen LogP contribution in [0.1, 0.15) is 32.6 Å². The van der Waals surface area contributed by atoms with E-state index in [0.717, 1.165) is 24.0 Å². The molecular formula is C15H19N3O2. The third-order valence-corrected chi connectivity index (χ3v) is 3.29. The van der Waals surface area contributed by atoms with E-state index in [9.17, 15) is 10.1 Å². The molecule has 0 aliphatic carbocycles. The lowest BCUT2D eigenvalue weighted by molar-refractivity contribution is -0.383. The molecule has 1 aromatic carbocycles. The van der Waals surface area contributed by atoms with Crippen molar-refractivity contribution in [1.82, 2.24) is 4.98 Å². The largest absolute Gasteiger partial charge is 0.384 e. The third-order valence-electron chi connectivity index (χ3n) is 3.29. The summed E-state index contributed by atoms with van der Waals surface area (Å²) in [6.07, 6.45) is 6.37. The van der Waals surface area contributed by atoms with Crippen molar-refractivity contribution in [1.29, 1.82) is 0 Å². The molecule has 5 nitrogen and oxygen atoms in total. The number of rotatable bonds is 7. The highest BCUT2D eigenvalue weighted by Gasteiger charge is 2.13. The van der Waals surface area contributed by atoms with E-state index < -0.39 is 0 Å². The van der Waals surface area contributed by atoms with Crippen LogP contribution in [0.2, 0.25) is 0 Å². The lowest BCUT2D eigenvalue weighted by atomic mass is 10.1. The van der Waals surface area contributed by atoms with Gasteiger partial charge in [0.1, 0.15) is 5.52 Å². The zero-order valence-electron chi connectivity index (χ0n) is 11.6. The number of benzene rings is 1. The number of unbranched alkanes of at least 4 members (excludes halogenated alkanes) is 3. The first kappa shape index (κ1) is 14.2. The number of nitrogens with zero attached hydrogens (tertiary/aromatic N) is 2. The molecule has 5 heteroatoms. The summed E-state index contributed by atoms with van der Waals surface area (Å²) in [6.45, 7) is 3.06. The quantitative estimate of drug-likeness (QED) is 0.468. The maximum atomic E-state index is 11.0. The van der Waals surface area contributed by atoms with E-state index in [0.29, 0.717) is 5.52 Å². The minimum absolute atomic E-state index is 0.0529. The molecule has 1 aromatic heterocycles. The van der Waals surface area contributed by atoms with Crippen molar-refractivity contribution in [3.8, 4) is 0 Å². The fraction of sp³-hybridized carbons (Fsp3) is 0.400. The van der Waals surface area contributed by atoms with Crippen LogP contribution in [0.3, 0.4) is 0 Å². The molecule has 0 bridgehead atoms. The Morgan fingerprint density at radius 2 is 2.10 bits per heavy atom. The van der Waals surface area contributed by atoms with E-state index in [2.05, 4.69) is 17.2 Å². The summed E-state index contributed by atoms with van der Waals surface area (Å²) in [5.41, 5.74) is 1.41. The van der Waals surface area contributed by atoms with Gasteiger partial charge in [-0.1, -0.05) is 38.3 Å². The van der Waals surface area contributed by atoms with E-state index in [1.807, 2.05) is 12.1 Å². The van der Waals surface area contributed by atoms with Gasteiger partial charge in [0.05, 0.1) is 4.92 Å². The van der Waals surface area contributed by atoms with Gasteiger partial charge in [-0.25, -0.2) is 4.98 Å². The van der Waals surface area contributed by atoms with E-state index in [1.165, 1.54) is 25.3 Å². The maximum absolute atomic E-state index is 11.0. The standard InChI is InChI=1S/C15H19N3O2/c1-2-3-4-5-10-16-13-9-11-17-15-12(13)7-6-8-14(15)18(19)20/h6-9,11H,2-5,10H2,1H3,(H,16,17). The summed E-state index contributed by atoms with van der Waals surface area (Å²) in [7, 11) is 0. The molecule has 0 unspecified atom stereocenters. The number of pyridine rings is 1. The summed E-state index contributed by atoms with van der Waals surface area (Å²) in [6, 6.07) is 6.92. The molecule has 1 N–H and O–H groups in total. The number of non-ortho nitro benzene ring substituents is 1. The van der Waals surface area contributed by atoms with Gasteiger partial charge in [0.15, 0.2) is 0 Å². The second kappa shape index (κ2) is 6.84. The van der Waals surface area contributed by atoms with E-state index in [-0.39, 0.29) is 10.6 Å². The SMILES string of the molecule is CCCCCCNc1ccnc2c([N+](=O)[O-])cccc12. The van der Waals surface area contributed by atoms with Gasteiger partial charge in [0.2, 0.25) is 0 Å². The van der Waals surface area contributed by atoms with Crippen LogP contribution < -0.4 is 5.32 Å². The van der Waals surface area contributed by atoms with E-state index >= 15 is 0 Å². The Morgan fingerprint density at radius 3 is 2.85 bits per heavy atom. The van der Waals surface area contributed by atoms with Gasteiger partial charge >= 0.3 is 0 Å². The monoisotopic (exact) mass is 273 g/mol. The topological polar surface area (TPSA) is 68.1 Å². The van der Waals surface area contributed by atoms with Crippen molar-refractivity contribution in [3.05, 3.63) is 40.6 Å². The maximum Gasteiger partial charge on any atom is 0.295 e. The summed E-state index contributed by atoms with van der Waals surface area (Å²) < 4.78 is 0. The number of nitrogens with one attached hydrogen (secondary N) is 1. The number of anilines is 1. The first-order valence-corrected chi connectivity index (χ1v) is 7.00. The zero-order chi connectivity index (χ0) is 14.4. The average molecular weight is 273 g/mol. The summed E-state index contributed by atoms with van der Waals surface area (Å²) in [5.74, 6) is 0. The number of hydrogen-bond acceptors (Lipinski definition) is 4. The van der Waals surface area contributed by atoms with Crippen LogP contribution in [-0.4, -0.2) is 16.5 Å². The lowest BCUT2D eigenvalue weighted by Gasteiger charge is -2.09. The normalized spacial score (nSPS) is 10.7. The van der Waals surface area contributed by atoms with Crippen LogP contribution in [0.4, 0.5) is 11.4 Å². The predicted molar refractivity (Wildman–Crippen MR) is 81.0 cm³/mol. The second-order valence-corrected chi connectivity index (χ2v) is 4.78. The molecule has 0 spiro atoms. The molecule has 0 aliphatic rings. The lowest BCUT2D eigenvalue weighted by Crippen LogP contribution is -2.02. The highest BCUT2D eigenvalue weighted by molar-refractivity contribution is 5.96. The first-order valence-electron chi connectivity index (χ1n) is 7.00. The highest BCUT2D eigenvalue weighted by atomic mass is 16.6. The smallest absolute Gasteiger partial charge is 0.295 e. The van der Waals surface area contributed by atoms with Crippen molar-refractivity contribution in [3.63, 3.8) is 0 Å². The van der Waals surface area contributed by atoms with Crippen LogP contribution in [0, 0.1) is 10.1 Å². The number of nitro benzene ring substituents is 1. The Labute approximate surface area is 118 Å². The molecule has 1 heterocycles. The van der Waals surface area contributed by atoms with Crippen LogP contribution in [0.25, 0.3) is 10.9 Å². The summed E-state index contributed by atoms with van der Waals surface area (Å²) >= 11 is 0. The Bertz CT molecular complexity index is 599. The van der Waals surface area contributed by atoms with Crippen molar-refractivity contribution >= 4 is 22.3 Å². The highest BCUT2D eigenvalue weighted by Crippen LogP contribution is 2.28. The van der Waals surface area contributed by atoms with Crippen molar-refractivity contribution in [2.45, 2.75) is 32.6 Å². The van der Waals surface area contributed by atoms with Gasteiger partial charge in [-0.2, -0.15) is 0 Å². The number of nitro groups is 1. The van der Waals surface area contributed by atoms with Gasteiger partial charge in [0, 0.05) is 29.9 Å². The molecule has 0 saturated heterocycles. The summed E-state index contributed by atoms with van der Waals surface area (Å²) in [5, 5.41) is 15.2. The molecule has 0 fully saturated rings. The summed E-state index contributed by atoms with van der Waals surface area (Å²) in [4.78, 5) is 14.8. The van der Waals surface area contributed by atoms with Crippen molar-refractivity contribution < 1.29 is 4.92 Å². The minimum atomic E-state index is -0.389. The Balaban J connectivity index is 2.18. The molecule has 106 valence electrons. The van der Waals surface area contributed by atoms with E-state index in [4.69, 9.17) is 0 Å². The minimum Gasteiger partial charge on any atom is -0.384 e. The molecule has 0 saturated carbocycles. The van der Waals surface area contributed by atoms with Crippen molar-refractivity contribution in [2.75, 3.05) is 11.9 Å². The van der Waals surface area contributed by atoms with Crippen LogP contribution in [-0.2, 0) is 0 Å². The predicted octanol–water partition coefficient (Wildman–Crippen LogP) is 4.14. The third kappa shape index (κ3) is 3.23. The number of hydrogen-bond donors (Lipinski definition) is 1. The number of aromatic nitrogens is 1. The van der Waals surface area contributed by atoms with E-state index in [1.54, 1.807) is 12.3 Å². The Hall–Kier alpha value is -2.17. The number of para-hydroxylation sites is 1. The molecule has 0 atom stereocenters. The van der Waals surface area contributed by atoms with Gasteiger partial charge in [-0.05, 0) is 12.5 Å². The molecule has 0 aliphatic heterocycles. The van der Waals surface area contributed by atoms with Gasteiger partial charge < -0.3 is 5.32 Å². The Morgan fingerprint density at radius 1 is 1.25 bits per heavy atom. The second-order valence-electron chi connectivity index (χ2n) is 4.78. The van der Waals surface area contributed by atoms with Crippen LogP contribution in [0.5, 0.6) is 0 Å². The fourth-order valence-corrected chi connectivity index (χ4v) is 2.24. The van der Waals surface area contributed by atoms with Crippen LogP contribution in [0.15, 0.2) is 30.5 Å². The first-order chi connectivity index (χ1) is 9.74. The number of fused-ring (bicyclic) bond motifs is 1. The molecule has 20 heavy (non-hydrogen) atoms. The van der Waals surface area contributed by atoms with Gasteiger partial charge in [-0.15, -0.1) is 0 Å². The molecule has 0 radical (unpaired) electrons. The van der Waals surface area contributed by atoms with Gasteiger partial charge in [0.25, 0.3) is 5.69 Å². The average Bonchev–Trinajstić information content (AvgIpc) is 2.46. The van der Waals surface area contributed by atoms with Crippen molar-refractivity contribution in [2.24, 2.45) is 0 Å². The molecule has 2 aromatic rings. The molecule has 2 rings (SSSR count).